The van der Waals surface area contributed by atoms with Crippen molar-refractivity contribution in [3.63, 3.8) is 0 Å². The van der Waals surface area contributed by atoms with Crippen LogP contribution in [0.1, 0.15) is 83.2 Å². The largest absolute Gasteiger partial charge is 0.397 e. The van der Waals surface area contributed by atoms with Crippen molar-refractivity contribution in [3.8, 4) is 0 Å². The number of hydrogen-bond acceptors (Lipinski definition) is 6. The molecule has 50 heavy (non-hydrogen) atoms. The van der Waals surface area contributed by atoms with Crippen LogP contribution in [0.2, 0.25) is 0 Å². The molecule has 4 rings (SSSR count). The third-order valence-corrected chi connectivity index (χ3v) is 7.83. The number of nitrogen functional groups attached to an aromatic ring is 2. The lowest BCUT2D eigenvalue weighted by Gasteiger charge is -2.08. The fourth-order valence-corrected chi connectivity index (χ4v) is 4.84. The summed E-state index contributed by atoms with van der Waals surface area (Å²) in [5.41, 5.74) is 17.6. The summed E-state index contributed by atoms with van der Waals surface area (Å²) in [5, 5.41) is 11.4. The van der Waals surface area contributed by atoms with Crippen molar-refractivity contribution in [2.45, 2.75) is 65.2 Å². The Morgan fingerprint density at radius 3 is 1.20 bits per heavy atom. The number of nitrogens with two attached hydrogens (primary N) is 2. The van der Waals surface area contributed by atoms with E-state index in [9.17, 15) is 19.2 Å². The molecule has 4 aromatic rings. The quantitative estimate of drug-likeness (QED) is 0.0550. The van der Waals surface area contributed by atoms with Crippen LogP contribution in [0.5, 0.6) is 0 Å². The second-order valence-corrected chi connectivity index (χ2v) is 12.1. The van der Waals surface area contributed by atoms with Gasteiger partial charge in [-0.2, -0.15) is 0 Å². The summed E-state index contributed by atoms with van der Waals surface area (Å²) in [6, 6.07) is 29.4. The van der Waals surface area contributed by atoms with Gasteiger partial charge >= 0.3 is 0 Å². The molecule has 0 atom stereocenters. The Bertz CT molecular complexity index is 1550. The lowest BCUT2D eigenvalue weighted by molar-refractivity contribution is -0.117. The number of hydrogen-bond donors (Lipinski definition) is 6. The number of rotatable bonds is 16. The number of carbonyl (C=O) groups excluding carboxylic acids is 4. The predicted molar refractivity (Wildman–Crippen MR) is 203 cm³/mol. The van der Waals surface area contributed by atoms with Crippen LogP contribution in [0.3, 0.4) is 0 Å². The van der Waals surface area contributed by atoms with Gasteiger partial charge in [-0.15, -0.1) is 0 Å². The van der Waals surface area contributed by atoms with Crippen molar-refractivity contribution < 1.29 is 19.2 Å². The standard InChI is InChI=1S/2C20H25N3O2/c2*1-15-10-12-16(13-11-15)20(25)22-14-6-2-3-9-19(24)23-18-8-5-4-7-17(18)21/h2*4-5,7-8,10-13H,2-3,6,9,14,21H2,1H3,(H,22,25)(H,23,24). The fraction of sp³-hybridized carbons (Fsp3) is 0.300. The zero-order valence-electron chi connectivity index (χ0n) is 29.1. The maximum Gasteiger partial charge on any atom is 0.251 e. The first-order valence-corrected chi connectivity index (χ1v) is 17.1. The van der Waals surface area contributed by atoms with Crippen molar-refractivity contribution >= 4 is 46.4 Å². The number of benzene rings is 4. The van der Waals surface area contributed by atoms with E-state index < -0.39 is 0 Å². The first-order chi connectivity index (χ1) is 24.1. The number of aryl methyl sites for hydroxylation is 2. The van der Waals surface area contributed by atoms with E-state index in [1.54, 1.807) is 24.3 Å². The van der Waals surface area contributed by atoms with Gasteiger partial charge in [-0.05, 0) is 88.1 Å². The molecule has 0 saturated carbocycles. The molecule has 0 aromatic heterocycles. The van der Waals surface area contributed by atoms with E-state index in [0.29, 0.717) is 59.8 Å². The molecule has 264 valence electrons. The zero-order chi connectivity index (χ0) is 36.1. The van der Waals surface area contributed by atoms with E-state index in [4.69, 9.17) is 11.5 Å². The van der Waals surface area contributed by atoms with Crippen LogP contribution >= 0.6 is 0 Å². The molecular weight excluding hydrogens is 628 g/mol. The van der Waals surface area contributed by atoms with Gasteiger partial charge in [-0.3, -0.25) is 19.2 Å². The molecule has 0 fully saturated rings. The minimum absolute atomic E-state index is 0.0402. The fourth-order valence-electron chi connectivity index (χ4n) is 4.84. The van der Waals surface area contributed by atoms with E-state index >= 15 is 0 Å². The minimum Gasteiger partial charge on any atom is -0.397 e. The molecular formula is C40H50N6O4. The second kappa shape index (κ2) is 21.4. The Kier molecular flexibility index (Phi) is 16.6. The van der Waals surface area contributed by atoms with Gasteiger partial charge in [0.05, 0.1) is 22.7 Å². The lowest BCUT2D eigenvalue weighted by atomic mass is 10.1. The van der Waals surface area contributed by atoms with Gasteiger partial charge in [0, 0.05) is 37.1 Å². The van der Waals surface area contributed by atoms with Crippen LogP contribution in [-0.2, 0) is 9.59 Å². The van der Waals surface area contributed by atoms with Crippen LogP contribution < -0.4 is 32.7 Å². The molecule has 0 heterocycles. The van der Waals surface area contributed by atoms with Crippen molar-refractivity contribution in [2.24, 2.45) is 0 Å². The Labute approximate surface area is 295 Å². The molecule has 8 N–H and O–H groups in total. The smallest absolute Gasteiger partial charge is 0.251 e. The highest BCUT2D eigenvalue weighted by molar-refractivity contribution is 5.95. The van der Waals surface area contributed by atoms with Crippen LogP contribution in [0.4, 0.5) is 22.7 Å². The molecule has 4 aromatic carbocycles. The van der Waals surface area contributed by atoms with Gasteiger partial charge in [0.25, 0.3) is 11.8 Å². The van der Waals surface area contributed by atoms with Gasteiger partial charge < -0.3 is 32.7 Å². The number of anilines is 4. The van der Waals surface area contributed by atoms with Crippen LogP contribution in [0.15, 0.2) is 97.1 Å². The predicted octanol–water partition coefficient (Wildman–Crippen LogP) is 7.01. The number of nitrogens with one attached hydrogen (secondary N) is 4. The van der Waals surface area contributed by atoms with E-state index in [-0.39, 0.29) is 23.6 Å². The Morgan fingerprint density at radius 1 is 0.480 bits per heavy atom. The summed E-state index contributed by atoms with van der Waals surface area (Å²) in [5.74, 6) is -0.197. The summed E-state index contributed by atoms with van der Waals surface area (Å²) >= 11 is 0. The van der Waals surface area contributed by atoms with Crippen molar-refractivity contribution in [3.05, 3.63) is 119 Å². The summed E-state index contributed by atoms with van der Waals surface area (Å²) in [7, 11) is 0. The molecule has 4 amide bonds. The third-order valence-electron chi connectivity index (χ3n) is 7.83. The Hall–Kier alpha value is -5.64. The van der Waals surface area contributed by atoms with E-state index in [0.717, 1.165) is 49.7 Å². The SMILES string of the molecule is Cc1ccc(C(=O)NCCCCCC(=O)Nc2ccccc2N)cc1.Cc1ccc(C(=O)NCCCCCC(=O)Nc2ccccc2N)cc1. The highest BCUT2D eigenvalue weighted by atomic mass is 16.2. The average Bonchev–Trinajstić information content (AvgIpc) is 3.10. The number of para-hydroxylation sites is 4. The maximum atomic E-state index is 11.9. The first kappa shape index (κ1) is 38.8. The molecule has 0 aliphatic rings. The van der Waals surface area contributed by atoms with E-state index in [2.05, 4.69) is 21.3 Å². The molecule has 0 aliphatic carbocycles. The monoisotopic (exact) mass is 678 g/mol. The van der Waals surface area contributed by atoms with Crippen LogP contribution in [0.25, 0.3) is 0 Å². The molecule has 0 aliphatic heterocycles. The van der Waals surface area contributed by atoms with Crippen LogP contribution in [-0.4, -0.2) is 36.7 Å². The number of unbranched alkanes of at least 4 members (excludes halogenated alkanes) is 4. The molecule has 10 nitrogen and oxygen atoms in total. The van der Waals surface area contributed by atoms with Gasteiger partial charge in [0.1, 0.15) is 0 Å². The van der Waals surface area contributed by atoms with Crippen molar-refractivity contribution in [2.75, 3.05) is 35.2 Å². The topological polar surface area (TPSA) is 168 Å². The van der Waals surface area contributed by atoms with Gasteiger partial charge in [-0.1, -0.05) is 72.5 Å². The van der Waals surface area contributed by atoms with E-state index in [1.807, 2.05) is 86.6 Å². The normalized spacial score (nSPS) is 10.3. The highest BCUT2D eigenvalue weighted by Gasteiger charge is 2.08. The summed E-state index contributed by atoms with van der Waals surface area (Å²) in [4.78, 5) is 47.7. The summed E-state index contributed by atoms with van der Waals surface area (Å²) in [6.45, 7) is 5.20. The van der Waals surface area contributed by atoms with Gasteiger partial charge in [-0.25, -0.2) is 0 Å². The maximum absolute atomic E-state index is 11.9. The van der Waals surface area contributed by atoms with Crippen molar-refractivity contribution in [1.29, 1.82) is 0 Å². The Balaban J connectivity index is 0.000000270. The Morgan fingerprint density at radius 2 is 0.840 bits per heavy atom. The summed E-state index contributed by atoms with van der Waals surface area (Å²) in [6.07, 6.45) is 5.90. The van der Waals surface area contributed by atoms with Gasteiger partial charge in [0.15, 0.2) is 0 Å². The second-order valence-electron chi connectivity index (χ2n) is 12.1. The lowest BCUT2D eigenvalue weighted by Crippen LogP contribution is -2.24. The average molecular weight is 679 g/mol. The molecule has 0 spiro atoms. The molecule has 0 unspecified atom stereocenters. The van der Waals surface area contributed by atoms with Crippen LogP contribution in [0, 0.1) is 13.8 Å². The van der Waals surface area contributed by atoms with E-state index in [1.165, 1.54) is 0 Å². The minimum atomic E-state index is -0.0581. The molecule has 0 radical (unpaired) electrons. The highest BCUT2D eigenvalue weighted by Crippen LogP contribution is 2.18. The van der Waals surface area contributed by atoms with Gasteiger partial charge in [0.2, 0.25) is 11.8 Å². The zero-order valence-corrected chi connectivity index (χ0v) is 29.1. The summed E-state index contributed by atoms with van der Waals surface area (Å²) < 4.78 is 0. The third kappa shape index (κ3) is 14.6. The number of carbonyl (C=O) groups is 4. The molecule has 0 saturated heterocycles. The first-order valence-electron chi connectivity index (χ1n) is 17.1. The molecule has 0 bridgehead atoms. The van der Waals surface area contributed by atoms with Crippen molar-refractivity contribution in [1.82, 2.24) is 10.6 Å². The number of amides is 4. The molecule has 10 heteroatoms.